The van der Waals surface area contributed by atoms with E-state index in [9.17, 15) is 19.6 Å². The van der Waals surface area contributed by atoms with Crippen LogP contribution in [0.25, 0.3) is 0 Å². The van der Waals surface area contributed by atoms with Crippen LogP contribution >= 0.6 is 0 Å². The Morgan fingerprint density at radius 3 is 2.46 bits per heavy atom. The van der Waals surface area contributed by atoms with E-state index in [1.165, 1.54) is 18.6 Å². The summed E-state index contributed by atoms with van der Waals surface area (Å²) in [7, 11) is -1.87. The zero-order valence-corrected chi connectivity index (χ0v) is 15.6. The van der Waals surface area contributed by atoms with Crippen LogP contribution < -0.4 is 10.6 Å². The third-order valence-corrected chi connectivity index (χ3v) is 3.79. The summed E-state index contributed by atoms with van der Waals surface area (Å²) >= 11 is 0. The van der Waals surface area contributed by atoms with Crippen molar-refractivity contribution in [3.8, 4) is 0 Å². The zero-order chi connectivity index (χ0) is 24.9. The second-order valence-electron chi connectivity index (χ2n) is 6.58. The Hall–Kier alpha value is -2.78. The third kappa shape index (κ3) is 6.75. The minimum Gasteiger partial charge on any atom is -0.426 e. The highest BCUT2D eigenvalue weighted by Gasteiger charge is 2.30. The zero-order valence-electron chi connectivity index (χ0n) is 20.6. The van der Waals surface area contributed by atoms with E-state index in [2.05, 4.69) is 20.6 Å². The maximum absolute atomic E-state index is 13.0. The summed E-state index contributed by atoms with van der Waals surface area (Å²) in [5.41, 5.74) is -0.275. The summed E-state index contributed by atoms with van der Waals surface area (Å²) in [4.78, 5) is 33.3. The van der Waals surface area contributed by atoms with Gasteiger partial charge in [0.05, 0.1) is 19.0 Å². The van der Waals surface area contributed by atoms with Gasteiger partial charge in [-0.05, 0) is 17.9 Å². The quantitative estimate of drug-likeness (QED) is 0.459. The minimum atomic E-state index is -1.87. The van der Waals surface area contributed by atoms with Crippen molar-refractivity contribution in [1.29, 1.82) is 0 Å². The number of aromatic nitrogens is 2. The Bertz CT molecular complexity index is 984. The third-order valence-electron chi connectivity index (χ3n) is 3.79. The van der Waals surface area contributed by atoms with E-state index in [4.69, 9.17) is 6.85 Å². The van der Waals surface area contributed by atoms with E-state index in [0.717, 1.165) is 0 Å². The minimum absolute atomic E-state index is 0.00534. The SMILES string of the molecule is [2H]c1c([2H])c([2H])c(C[C@H](NC(=O)c2cnccn2)C(=O)N[C@@H](CC(C)C)B(O)O)c([2H])c1[2H]. The summed E-state index contributed by atoms with van der Waals surface area (Å²) in [6.07, 6.45) is 3.59. The van der Waals surface area contributed by atoms with Gasteiger partial charge in [0.1, 0.15) is 11.7 Å². The number of nitrogens with one attached hydrogen (secondary N) is 2. The van der Waals surface area contributed by atoms with E-state index in [1.807, 2.05) is 13.8 Å². The van der Waals surface area contributed by atoms with Crippen LogP contribution in [-0.2, 0) is 11.2 Å². The molecule has 1 aromatic carbocycles. The van der Waals surface area contributed by atoms with Gasteiger partial charge in [-0.3, -0.25) is 14.6 Å². The second kappa shape index (κ2) is 10.5. The molecule has 2 rings (SSSR count). The molecule has 1 aromatic heterocycles. The Labute approximate surface area is 171 Å². The molecule has 9 heteroatoms. The number of benzene rings is 1. The predicted molar refractivity (Wildman–Crippen MR) is 105 cm³/mol. The van der Waals surface area contributed by atoms with Gasteiger partial charge in [0, 0.05) is 18.8 Å². The molecule has 4 N–H and O–H groups in total. The van der Waals surface area contributed by atoms with Crippen molar-refractivity contribution in [2.24, 2.45) is 5.92 Å². The predicted octanol–water partition coefficient (Wildman–Crippen LogP) is 0.361. The van der Waals surface area contributed by atoms with Crippen molar-refractivity contribution in [3.63, 3.8) is 0 Å². The summed E-state index contributed by atoms with van der Waals surface area (Å²) < 4.78 is 39.6. The number of hydrogen-bond acceptors (Lipinski definition) is 6. The lowest BCUT2D eigenvalue weighted by Crippen LogP contribution is -2.55. The smallest absolute Gasteiger partial charge is 0.426 e. The lowest BCUT2D eigenvalue weighted by molar-refractivity contribution is -0.123. The Balaban J connectivity index is 2.41. The normalized spacial score (nSPS) is 15.4. The van der Waals surface area contributed by atoms with Gasteiger partial charge in [-0.2, -0.15) is 0 Å². The topological polar surface area (TPSA) is 124 Å². The van der Waals surface area contributed by atoms with Crippen LogP contribution in [0, 0.1) is 5.92 Å². The van der Waals surface area contributed by atoms with Gasteiger partial charge >= 0.3 is 7.12 Å². The highest BCUT2D eigenvalue weighted by Crippen LogP contribution is 2.09. The van der Waals surface area contributed by atoms with Crippen LogP contribution in [0.1, 0.15) is 43.2 Å². The van der Waals surface area contributed by atoms with Gasteiger partial charge in [-0.1, -0.05) is 44.1 Å². The molecule has 8 nitrogen and oxygen atoms in total. The fourth-order valence-corrected chi connectivity index (χ4v) is 2.49. The van der Waals surface area contributed by atoms with Crippen molar-refractivity contribution >= 4 is 18.9 Å². The van der Waals surface area contributed by atoms with Crippen LogP contribution in [0.15, 0.2) is 48.8 Å². The fourth-order valence-electron chi connectivity index (χ4n) is 2.49. The molecule has 0 aliphatic rings. The maximum atomic E-state index is 13.0. The van der Waals surface area contributed by atoms with E-state index in [-0.39, 0.29) is 23.6 Å². The van der Waals surface area contributed by atoms with Crippen LogP contribution in [0.4, 0.5) is 0 Å². The van der Waals surface area contributed by atoms with Crippen molar-refractivity contribution in [3.05, 3.63) is 60.1 Å². The molecule has 28 heavy (non-hydrogen) atoms. The molecule has 0 saturated heterocycles. The fraction of sp³-hybridized carbons (Fsp3) is 0.368. The van der Waals surface area contributed by atoms with E-state index < -0.39 is 67.5 Å². The van der Waals surface area contributed by atoms with Crippen molar-refractivity contribution in [2.45, 2.75) is 38.7 Å². The summed E-state index contributed by atoms with van der Waals surface area (Å²) in [6.45, 7) is 3.64. The Morgan fingerprint density at radius 1 is 1.18 bits per heavy atom. The molecule has 0 spiro atoms. The number of nitrogens with zero attached hydrogens (tertiary/aromatic N) is 2. The summed E-state index contributed by atoms with van der Waals surface area (Å²) in [5, 5.41) is 24.2. The standard InChI is InChI=1S/C19H25BN4O4/c1-13(2)10-17(20(27)28)24-18(25)15(11-14-6-4-3-5-7-14)23-19(26)16-12-21-8-9-22-16/h3-9,12-13,15,17,27-28H,10-11H2,1-2H3,(H,23,26)(H,24,25)/t15-,17-/m0/s1/i3D,4D,5D,6D,7D. The molecule has 0 bridgehead atoms. The van der Waals surface area contributed by atoms with Gasteiger partial charge < -0.3 is 20.7 Å². The first kappa shape index (κ1) is 15.2. The summed E-state index contributed by atoms with van der Waals surface area (Å²) in [5.74, 6) is -2.64. The molecule has 2 aromatic rings. The van der Waals surface area contributed by atoms with Gasteiger partial charge in [-0.15, -0.1) is 0 Å². The largest absolute Gasteiger partial charge is 0.475 e. The van der Waals surface area contributed by atoms with Crippen LogP contribution in [-0.4, -0.2) is 50.9 Å². The molecule has 2 atom stereocenters. The molecular weight excluding hydrogens is 359 g/mol. The number of hydrogen-bond donors (Lipinski definition) is 4. The van der Waals surface area contributed by atoms with E-state index in [1.54, 1.807) is 0 Å². The van der Waals surface area contributed by atoms with E-state index in [0.29, 0.717) is 0 Å². The first-order valence-corrected chi connectivity index (χ1v) is 8.73. The lowest BCUT2D eigenvalue weighted by Gasteiger charge is -2.24. The van der Waals surface area contributed by atoms with Crippen LogP contribution in [0.3, 0.4) is 0 Å². The lowest BCUT2D eigenvalue weighted by atomic mass is 9.75. The number of carbonyl (C=O) groups excluding carboxylic acids is 2. The van der Waals surface area contributed by atoms with Crippen LogP contribution in [0.5, 0.6) is 0 Å². The molecule has 2 amide bonds. The Kier molecular flexibility index (Phi) is 5.71. The number of rotatable bonds is 9. The molecule has 0 aliphatic carbocycles. The highest BCUT2D eigenvalue weighted by atomic mass is 16.4. The molecular formula is C19H25BN4O4. The van der Waals surface area contributed by atoms with Gasteiger partial charge in [0.2, 0.25) is 5.91 Å². The van der Waals surface area contributed by atoms with Gasteiger partial charge in [0.15, 0.2) is 0 Å². The first-order valence-electron chi connectivity index (χ1n) is 11.2. The average molecular weight is 389 g/mol. The number of carbonyl (C=O) groups is 2. The van der Waals surface area contributed by atoms with E-state index >= 15 is 0 Å². The molecule has 0 aliphatic heterocycles. The molecule has 0 radical (unpaired) electrons. The highest BCUT2D eigenvalue weighted by molar-refractivity contribution is 6.43. The van der Waals surface area contributed by atoms with Crippen molar-refractivity contribution < 1.29 is 26.5 Å². The monoisotopic (exact) mass is 389 g/mol. The number of amides is 2. The molecule has 0 unspecified atom stereocenters. The molecule has 0 fully saturated rings. The summed E-state index contributed by atoms with van der Waals surface area (Å²) in [6, 6.07) is -4.15. The second-order valence-corrected chi connectivity index (χ2v) is 6.58. The van der Waals surface area contributed by atoms with Gasteiger partial charge in [0.25, 0.3) is 5.91 Å². The van der Waals surface area contributed by atoms with Crippen LogP contribution in [0.2, 0.25) is 0 Å². The molecule has 148 valence electrons. The van der Waals surface area contributed by atoms with Crippen molar-refractivity contribution in [2.75, 3.05) is 0 Å². The van der Waals surface area contributed by atoms with Gasteiger partial charge in [-0.25, -0.2) is 4.98 Å². The molecule has 1 heterocycles. The average Bonchev–Trinajstić information content (AvgIpc) is 2.77. The van der Waals surface area contributed by atoms with Crippen molar-refractivity contribution in [1.82, 2.24) is 20.6 Å². The first-order chi connectivity index (χ1) is 15.4. The Morgan fingerprint density at radius 2 is 1.89 bits per heavy atom. The maximum Gasteiger partial charge on any atom is 0.475 e. The molecule has 0 saturated carbocycles.